The van der Waals surface area contributed by atoms with Crippen molar-refractivity contribution >= 4 is 11.6 Å². The molecule has 2 heterocycles. The van der Waals surface area contributed by atoms with Gasteiger partial charge in [0.2, 0.25) is 5.91 Å². The van der Waals surface area contributed by atoms with Crippen LogP contribution in [0.15, 0.2) is 72.9 Å². The summed E-state index contributed by atoms with van der Waals surface area (Å²) >= 11 is 0. The molecule has 2 aromatic carbocycles. The van der Waals surface area contributed by atoms with Gasteiger partial charge in [-0.25, -0.2) is 8.78 Å². The highest BCUT2D eigenvalue weighted by atomic mass is 19.3. The lowest BCUT2D eigenvalue weighted by molar-refractivity contribution is -0.121. The van der Waals surface area contributed by atoms with E-state index in [1.54, 1.807) is 23.2 Å². The van der Waals surface area contributed by atoms with Gasteiger partial charge in [-0.05, 0) is 35.7 Å². The number of anilines is 1. The van der Waals surface area contributed by atoms with E-state index < -0.39 is 5.92 Å². The van der Waals surface area contributed by atoms with Gasteiger partial charge in [-0.3, -0.25) is 9.78 Å². The van der Waals surface area contributed by atoms with Gasteiger partial charge in [-0.15, -0.1) is 0 Å². The lowest BCUT2D eigenvalue weighted by atomic mass is 10.0. The molecule has 3 aromatic rings. The van der Waals surface area contributed by atoms with Crippen LogP contribution in [0.2, 0.25) is 0 Å². The molecule has 0 aliphatic carbocycles. The highest BCUT2D eigenvalue weighted by molar-refractivity contribution is 5.79. The second-order valence-corrected chi connectivity index (χ2v) is 8.00. The smallest absolute Gasteiger partial charge is 0.266 e. The first-order chi connectivity index (χ1) is 14.9. The number of nitrogens with one attached hydrogen (secondary N) is 1. The summed E-state index contributed by atoms with van der Waals surface area (Å²) in [5.74, 6) is -2.73. The van der Waals surface area contributed by atoms with Gasteiger partial charge in [0.05, 0.1) is 36.6 Å². The van der Waals surface area contributed by atoms with Crippen molar-refractivity contribution in [3.63, 3.8) is 0 Å². The minimum Gasteiger partial charge on any atom is -0.364 e. The number of pyridine rings is 1. The molecule has 1 atom stereocenters. The molecule has 4 nitrogen and oxygen atoms in total. The number of amides is 1. The van der Waals surface area contributed by atoms with E-state index in [0.29, 0.717) is 17.9 Å². The van der Waals surface area contributed by atoms with Gasteiger partial charge in [0.25, 0.3) is 5.92 Å². The van der Waals surface area contributed by atoms with E-state index in [-0.39, 0.29) is 31.3 Å². The number of carbonyl (C=O) groups is 1. The molecule has 1 aliphatic rings. The van der Waals surface area contributed by atoms with Crippen LogP contribution in [0, 0.1) is 0 Å². The Kier molecular flexibility index (Phi) is 5.98. The molecule has 0 spiro atoms. The number of aromatic nitrogens is 1. The average molecular weight is 421 g/mol. The zero-order chi connectivity index (χ0) is 21.8. The average Bonchev–Trinajstić information content (AvgIpc) is 3.14. The SMILES string of the molecule is C[C@@H](NC(=O)Cc1ccc(-c2ccccc2)cc1)c1ccc(N2CCC(F)(F)C2)cn1. The van der Waals surface area contributed by atoms with Crippen molar-refractivity contribution in [2.45, 2.75) is 31.7 Å². The summed E-state index contributed by atoms with van der Waals surface area (Å²) in [5, 5.41) is 2.96. The first kappa shape index (κ1) is 21.0. The zero-order valence-corrected chi connectivity index (χ0v) is 17.4. The largest absolute Gasteiger partial charge is 0.364 e. The van der Waals surface area contributed by atoms with Crippen molar-refractivity contribution in [3.05, 3.63) is 84.2 Å². The number of hydrogen-bond acceptors (Lipinski definition) is 3. The summed E-state index contributed by atoms with van der Waals surface area (Å²) in [7, 11) is 0. The topological polar surface area (TPSA) is 45.2 Å². The molecule has 1 fully saturated rings. The van der Waals surface area contributed by atoms with E-state index in [9.17, 15) is 13.6 Å². The number of hydrogen-bond donors (Lipinski definition) is 1. The minimum absolute atomic E-state index is 0.0926. The lowest BCUT2D eigenvalue weighted by Crippen LogP contribution is -2.29. The summed E-state index contributed by atoms with van der Waals surface area (Å²) in [6.45, 7) is 1.91. The summed E-state index contributed by atoms with van der Waals surface area (Å²) in [6.07, 6.45) is 1.75. The fourth-order valence-electron chi connectivity index (χ4n) is 3.79. The van der Waals surface area contributed by atoms with Gasteiger partial charge < -0.3 is 10.2 Å². The third-order valence-electron chi connectivity index (χ3n) is 5.55. The van der Waals surface area contributed by atoms with E-state index in [4.69, 9.17) is 0 Å². The Hall–Kier alpha value is -3.28. The summed E-state index contributed by atoms with van der Waals surface area (Å²) in [6, 6.07) is 21.3. The van der Waals surface area contributed by atoms with E-state index in [2.05, 4.69) is 22.4 Å². The Morgan fingerprint density at radius 2 is 1.77 bits per heavy atom. The summed E-state index contributed by atoms with van der Waals surface area (Å²) < 4.78 is 26.8. The molecule has 1 N–H and O–H groups in total. The van der Waals surface area contributed by atoms with Crippen molar-refractivity contribution in [2.75, 3.05) is 18.0 Å². The van der Waals surface area contributed by atoms with E-state index in [0.717, 1.165) is 16.7 Å². The molecule has 1 saturated heterocycles. The summed E-state index contributed by atoms with van der Waals surface area (Å²) in [5.41, 5.74) is 4.56. The normalized spacial score (nSPS) is 16.2. The molecule has 1 aromatic heterocycles. The Morgan fingerprint density at radius 3 is 2.39 bits per heavy atom. The lowest BCUT2D eigenvalue weighted by Gasteiger charge is -2.19. The molecule has 4 rings (SSSR count). The van der Waals surface area contributed by atoms with Crippen molar-refractivity contribution in [1.82, 2.24) is 10.3 Å². The first-order valence-electron chi connectivity index (χ1n) is 10.4. The number of alkyl halides is 2. The molecule has 6 heteroatoms. The molecular weight excluding hydrogens is 396 g/mol. The number of halogens is 2. The number of nitrogens with zero attached hydrogens (tertiary/aromatic N) is 2. The summed E-state index contributed by atoms with van der Waals surface area (Å²) in [4.78, 5) is 18.5. The van der Waals surface area contributed by atoms with E-state index in [1.165, 1.54) is 0 Å². The fraction of sp³-hybridized carbons (Fsp3) is 0.280. The van der Waals surface area contributed by atoms with Gasteiger partial charge in [0, 0.05) is 13.0 Å². The van der Waals surface area contributed by atoms with E-state index >= 15 is 0 Å². The van der Waals surface area contributed by atoms with Crippen molar-refractivity contribution in [2.24, 2.45) is 0 Å². The maximum atomic E-state index is 13.4. The van der Waals surface area contributed by atoms with Crippen LogP contribution in [0.5, 0.6) is 0 Å². The van der Waals surface area contributed by atoms with Crippen molar-refractivity contribution in [1.29, 1.82) is 0 Å². The highest BCUT2D eigenvalue weighted by Crippen LogP contribution is 2.30. The minimum atomic E-state index is -2.64. The Bertz CT molecular complexity index is 1020. The first-order valence-corrected chi connectivity index (χ1v) is 10.4. The molecule has 1 amide bonds. The zero-order valence-electron chi connectivity index (χ0n) is 17.4. The Balaban J connectivity index is 1.32. The van der Waals surface area contributed by atoms with Crippen LogP contribution in [-0.2, 0) is 11.2 Å². The van der Waals surface area contributed by atoms with Crippen LogP contribution in [-0.4, -0.2) is 29.9 Å². The van der Waals surface area contributed by atoms with Crippen LogP contribution in [0.25, 0.3) is 11.1 Å². The molecule has 0 radical (unpaired) electrons. The molecule has 31 heavy (non-hydrogen) atoms. The number of rotatable bonds is 6. The van der Waals surface area contributed by atoms with Gasteiger partial charge in [0.15, 0.2) is 0 Å². The van der Waals surface area contributed by atoms with Crippen LogP contribution in [0.4, 0.5) is 14.5 Å². The van der Waals surface area contributed by atoms with Gasteiger partial charge in [-0.1, -0.05) is 54.6 Å². The quantitative estimate of drug-likeness (QED) is 0.608. The predicted octanol–water partition coefficient (Wildman–Crippen LogP) is 5.01. The van der Waals surface area contributed by atoms with Crippen LogP contribution >= 0.6 is 0 Å². The molecule has 0 unspecified atom stereocenters. The van der Waals surface area contributed by atoms with Crippen molar-refractivity contribution in [3.8, 4) is 11.1 Å². The molecule has 160 valence electrons. The molecule has 1 aliphatic heterocycles. The van der Waals surface area contributed by atoms with Crippen LogP contribution in [0.1, 0.15) is 30.6 Å². The second kappa shape index (κ2) is 8.84. The third-order valence-corrected chi connectivity index (χ3v) is 5.55. The van der Waals surface area contributed by atoms with Gasteiger partial charge >= 0.3 is 0 Å². The van der Waals surface area contributed by atoms with Crippen LogP contribution < -0.4 is 10.2 Å². The van der Waals surface area contributed by atoms with E-state index in [1.807, 2.05) is 49.4 Å². The fourth-order valence-corrected chi connectivity index (χ4v) is 3.79. The highest BCUT2D eigenvalue weighted by Gasteiger charge is 2.38. The van der Waals surface area contributed by atoms with Crippen molar-refractivity contribution < 1.29 is 13.6 Å². The number of benzene rings is 2. The maximum Gasteiger partial charge on any atom is 0.266 e. The monoisotopic (exact) mass is 421 g/mol. The molecular formula is C25H25F2N3O. The van der Waals surface area contributed by atoms with Gasteiger partial charge in [-0.2, -0.15) is 0 Å². The maximum absolute atomic E-state index is 13.4. The standard InChI is InChI=1S/C25H25F2N3O/c1-18(23-12-11-22(16-28-23)30-14-13-25(26,27)17-30)29-24(31)15-19-7-9-21(10-8-19)20-5-3-2-4-6-20/h2-12,16,18H,13-15,17H2,1H3,(H,29,31)/t18-/m1/s1. The van der Waals surface area contributed by atoms with Gasteiger partial charge in [0.1, 0.15) is 0 Å². The molecule has 0 saturated carbocycles. The Morgan fingerprint density at radius 1 is 1.06 bits per heavy atom. The predicted molar refractivity (Wildman–Crippen MR) is 118 cm³/mol. The molecule has 0 bridgehead atoms. The second-order valence-electron chi connectivity index (χ2n) is 8.00. The Labute approximate surface area is 180 Å². The third kappa shape index (κ3) is 5.26. The number of carbonyl (C=O) groups excluding carboxylic acids is 1. The van der Waals surface area contributed by atoms with Crippen LogP contribution in [0.3, 0.4) is 0 Å².